The van der Waals surface area contributed by atoms with Crippen LogP contribution in [0.15, 0.2) is 24.3 Å². The first kappa shape index (κ1) is 15.0. The first-order valence-electron chi connectivity index (χ1n) is 7.35. The Kier molecular flexibility index (Phi) is 5.15. The van der Waals surface area contributed by atoms with E-state index in [1.165, 1.54) is 5.56 Å². The lowest BCUT2D eigenvalue weighted by molar-refractivity contribution is -0.118. The molecule has 1 aliphatic heterocycles. The summed E-state index contributed by atoms with van der Waals surface area (Å²) in [5, 5.41) is 12.5. The molecule has 1 aliphatic rings. The van der Waals surface area contributed by atoms with E-state index in [4.69, 9.17) is 0 Å². The van der Waals surface area contributed by atoms with Crippen LogP contribution in [0.1, 0.15) is 38.2 Å². The maximum Gasteiger partial charge on any atom is 0.238 e. The quantitative estimate of drug-likeness (QED) is 0.886. The maximum absolute atomic E-state index is 12.0. The Morgan fingerprint density at radius 2 is 2.30 bits per heavy atom. The Bertz CT molecular complexity index is 460. The number of hydrogen-bond acceptors (Lipinski definition) is 3. The van der Waals surface area contributed by atoms with Crippen LogP contribution in [-0.2, 0) is 4.79 Å². The van der Waals surface area contributed by atoms with Gasteiger partial charge in [0.25, 0.3) is 0 Å². The summed E-state index contributed by atoms with van der Waals surface area (Å²) in [6, 6.07) is 7.97. The van der Waals surface area contributed by atoms with Gasteiger partial charge in [-0.25, -0.2) is 0 Å². The first-order valence-corrected chi connectivity index (χ1v) is 7.35. The molecule has 1 aromatic rings. The molecular weight excluding hydrogens is 252 g/mol. The summed E-state index contributed by atoms with van der Waals surface area (Å²) in [5.74, 6) is 0.434. The average Bonchev–Trinajstić information content (AvgIpc) is 2.38. The predicted molar refractivity (Wildman–Crippen MR) is 80.8 cm³/mol. The Labute approximate surface area is 120 Å². The van der Waals surface area contributed by atoms with Crippen molar-refractivity contribution in [2.75, 3.05) is 25.0 Å². The molecule has 0 aromatic heterocycles. The fourth-order valence-corrected chi connectivity index (χ4v) is 2.55. The van der Waals surface area contributed by atoms with Gasteiger partial charge >= 0.3 is 0 Å². The molecule has 0 bridgehead atoms. The second-order valence-electron chi connectivity index (χ2n) is 5.86. The number of carbonyl (C=O) groups excluding carboxylic acids is 1. The van der Waals surface area contributed by atoms with E-state index in [1.54, 1.807) is 0 Å². The topological polar surface area (TPSA) is 52.6 Å². The van der Waals surface area contributed by atoms with Crippen LogP contribution < -0.4 is 5.32 Å². The highest BCUT2D eigenvalue weighted by atomic mass is 16.3. The smallest absolute Gasteiger partial charge is 0.238 e. The standard InChI is InChI=1S/C16H24N2O2/c1-12(2)13-5-3-6-14(9-13)17-16(20)11-18-8-4-7-15(19)10-18/h3,5-6,9,12,15,19H,4,7-8,10-11H2,1-2H3,(H,17,20)/t15-/m0/s1. The van der Waals surface area contributed by atoms with Crippen molar-refractivity contribution < 1.29 is 9.90 Å². The van der Waals surface area contributed by atoms with Gasteiger partial charge in [0.05, 0.1) is 12.6 Å². The van der Waals surface area contributed by atoms with Crippen LogP contribution in [0.25, 0.3) is 0 Å². The summed E-state index contributed by atoms with van der Waals surface area (Å²) in [5.41, 5.74) is 2.06. The van der Waals surface area contributed by atoms with Crippen LogP contribution >= 0.6 is 0 Å². The monoisotopic (exact) mass is 276 g/mol. The summed E-state index contributed by atoms with van der Waals surface area (Å²) in [6.45, 7) is 6.10. The van der Waals surface area contributed by atoms with E-state index in [2.05, 4.69) is 25.2 Å². The van der Waals surface area contributed by atoms with E-state index in [0.29, 0.717) is 19.0 Å². The summed E-state index contributed by atoms with van der Waals surface area (Å²) in [6.07, 6.45) is 1.51. The molecule has 2 rings (SSSR count). The van der Waals surface area contributed by atoms with Crippen molar-refractivity contribution in [3.8, 4) is 0 Å². The minimum Gasteiger partial charge on any atom is -0.392 e. The number of benzene rings is 1. The zero-order valence-corrected chi connectivity index (χ0v) is 12.3. The van der Waals surface area contributed by atoms with Crippen LogP contribution in [-0.4, -0.2) is 41.7 Å². The first-order chi connectivity index (χ1) is 9.54. The number of hydrogen-bond donors (Lipinski definition) is 2. The Hall–Kier alpha value is -1.39. The molecule has 0 aliphatic carbocycles. The summed E-state index contributed by atoms with van der Waals surface area (Å²) < 4.78 is 0. The van der Waals surface area contributed by atoms with Gasteiger partial charge in [-0.2, -0.15) is 0 Å². The third-order valence-corrected chi connectivity index (χ3v) is 3.68. The number of rotatable bonds is 4. The van der Waals surface area contributed by atoms with Crippen molar-refractivity contribution in [1.82, 2.24) is 4.90 Å². The Morgan fingerprint density at radius 1 is 1.50 bits per heavy atom. The summed E-state index contributed by atoms with van der Waals surface area (Å²) >= 11 is 0. The van der Waals surface area contributed by atoms with E-state index >= 15 is 0 Å². The lowest BCUT2D eigenvalue weighted by Gasteiger charge is -2.29. The van der Waals surface area contributed by atoms with Gasteiger partial charge in [0.15, 0.2) is 0 Å². The van der Waals surface area contributed by atoms with Crippen LogP contribution in [0.3, 0.4) is 0 Å². The van der Waals surface area contributed by atoms with Gasteiger partial charge in [0.2, 0.25) is 5.91 Å². The number of likely N-dealkylation sites (tertiary alicyclic amines) is 1. The van der Waals surface area contributed by atoms with Gasteiger partial charge < -0.3 is 10.4 Å². The number of nitrogens with one attached hydrogen (secondary N) is 1. The number of anilines is 1. The average molecular weight is 276 g/mol. The van der Waals surface area contributed by atoms with Crippen LogP contribution in [0.4, 0.5) is 5.69 Å². The molecule has 2 N–H and O–H groups in total. The van der Waals surface area contributed by atoms with Crippen LogP contribution in [0.2, 0.25) is 0 Å². The highest BCUT2D eigenvalue weighted by Gasteiger charge is 2.19. The van der Waals surface area contributed by atoms with Crippen molar-refractivity contribution in [1.29, 1.82) is 0 Å². The molecule has 1 aromatic carbocycles. The number of β-amino-alcohol motifs (C(OH)–C–C–N with tert-alkyl or cyclic N) is 1. The molecule has 0 radical (unpaired) electrons. The van der Waals surface area contributed by atoms with Crippen molar-refractivity contribution in [2.24, 2.45) is 0 Å². The van der Waals surface area contributed by atoms with Crippen molar-refractivity contribution in [3.63, 3.8) is 0 Å². The zero-order valence-electron chi connectivity index (χ0n) is 12.3. The van der Waals surface area contributed by atoms with Crippen LogP contribution in [0, 0.1) is 0 Å². The molecule has 4 heteroatoms. The second kappa shape index (κ2) is 6.86. The van der Waals surface area contributed by atoms with E-state index in [-0.39, 0.29) is 12.0 Å². The molecule has 1 saturated heterocycles. The molecule has 1 atom stereocenters. The van der Waals surface area contributed by atoms with Gasteiger partial charge in [0.1, 0.15) is 0 Å². The number of nitrogens with zero attached hydrogens (tertiary/aromatic N) is 1. The normalized spacial score (nSPS) is 20.1. The fourth-order valence-electron chi connectivity index (χ4n) is 2.55. The van der Waals surface area contributed by atoms with Gasteiger partial charge in [0, 0.05) is 12.2 Å². The minimum absolute atomic E-state index is 0.0139. The highest BCUT2D eigenvalue weighted by molar-refractivity contribution is 5.92. The third kappa shape index (κ3) is 4.32. The molecule has 20 heavy (non-hydrogen) atoms. The highest BCUT2D eigenvalue weighted by Crippen LogP contribution is 2.18. The molecular formula is C16H24N2O2. The van der Waals surface area contributed by atoms with Crippen molar-refractivity contribution >= 4 is 11.6 Å². The largest absolute Gasteiger partial charge is 0.392 e. The molecule has 0 saturated carbocycles. The summed E-state index contributed by atoms with van der Waals surface area (Å²) in [7, 11) is 0. The van der Waals surface area contributed by atoms with Gasteiger partial charge in [-0.15, -0.1) is 0 Å². The molecule has 0 spiro atoms. The summed E-state index contributed by atoms with van der Waals surface area (Å²) in [4.78, 5) is 14.0. The minimum atomic E-state index is -0.291. The number of amides is 1. The van der Waals surface area contributed by atoms with Gasteiger partial charge in [-0.1, -0.05) is 26.0 Å². The molecule has 1 heterocycles. The number of aliphatic hydroxyl groups excluding tert-OH is 1. The predicted octanol–water partition coefficient (Wildman–Crippen LogP) is 2.21. The van der Waals surface area contributed by atoms with E-state index in [1.807, 2.05) is 23.1 Å². The number of carbonyl (C=O) groups is 1. The third-order valence-electron chi connectivity index (χ3n) is 3.68. The SMILES string of the molecule is CC(C)c1cccc(NC(=O)CN2CCC[C@H](O)C2)c1. The maximum atomic E-state index is 12.0. The fraction of sp³-hybridized carbons (Fsp3) is 0.562. The Morgan fingerprint density at radius 3 is 3.00 bits per heavy atom. The molecule has 1 amide bonds. The lowest BCUT2D eigenvalue weighted by atomic mass is 10.0. The number of aliphatic hydroxyl groups is 1. The number of piperidine rings is 1. The molecule has 110 valence electrons. The Balaban J connectivity index is 1.89. The van der Waals surface area contributed by atoms with E-state index < -0.39 is 0 Å². The van der Waals surface area contributed by atoms with Gasteiger partial charge in [-0.05, 0) is 43.0 Å². The lowest BCUT2D eigenvalue weighted by Crippen LogP contribution is -2.42. The van der Waals surface area contributed by atoms with Crippen LogP contribution in [0.5, 0.6) is 0 Å². The van der Waals surface area contributed by atoms with Crippen molar-refractivity contribution in [3.05, 3.63) is 29.8 Å². The molecule has 1 fully saturated rings. The molecule has 4 nitrogen and oxygen atoms in total. The van der Waals surface area contributed by atoms with Gasteiger partial charge in [-0.3, -0.25) is 9.69 Å². The van der Waals surface area contributed by atoms with E-state index in [0.717, 1.165) is 25.1 Å². The van der Waals surface area contributed by atoms with E-state index in [9.17, 15) is 9.90 Å². The second-order valence-corrected chi connectivity index (χ2v) is 5.86. The zero-order chi connectivity index (χ0) is 14.5. The van der Waals surface area contributed by atoms with Crippen molar-refractivity contribution in [2.45, 2.75) is 38.7 Å². The molecule has 0 unspecified atom stereocenters.